The number of quaternary nitrogens is 1. The molecule has 0 aliphatic rings. The van der Waals surface area contributed by atoms with E-state index in [1.807, 2.05) is 0 Å². The number of hydrogen-bond acceptors (Lipinski definition) is 3. The van der Waals surface area contributed by atoms with Crippen LogP contribution in [0.2, 0.25) is 0 Å². The van der Waals surface area contributed by atoms with Crippen molar-refractivity contribution in [1.82, 2.24) is 6.15 Å². The zero-order valence-corrected chi connectivity index (χ0v) is 9.33. The molecule has 94 valence electrons. The van der Waals surface area contributed by atoms with Crippen LogP contribution >= 0.6 is 0 Å². The second kappa shape index (κ2) is 7.02. The van der Waals surface area contributed by atoms with Gasteiger partial charge in [0.2, 0.25) is 0 Å². The van der Waals surface area contributed by atoms with Crippen LogP contribution in [0.1, 0.15) is 32.1 Å². The lowest BCUT2D eigenvalue weighted by Crippen LogP contribution is -2.07. The molecule has 0 aliphatic heterocycles. The fraction of sp³-hybridized carbons (Fsp3) is 1.00. The van der Waals surface area contributed by atoms with E-state index in [1.54, 1.807) is 0 Å². The molecule has 0 aliphatic carbocycles. The topological polar surface area (TPSA) is 93.7 Å². The molecule has 0 aromatic rings. The van der Waals surface area contributed by atoms with E-state index in [2.05, 4.69) is 0 Å². The standard InChI is InChI=1S/C7H13F3O3S.H3N/c8-7(9,10)5-3-1-2-4-6-14(11,12)13;/h1-6H2,(H,11,12,13);1H3. The van der Waals surface area contributed by atoms with E-state index in [9.17, 15) is 26.1 Å². The van der Waals surface area contributed by atoms with Crippen LogP contribution < -0.4 is 6.15 Å². The zero-order chi connectivity index (χ0) is 11.2. The summed E-state index contributed by atoms with van der Waals surface area (Å²) in [6, 6.07) is 0. The average molecular weight is 251 g/mol. The van der Waals surface area contributed by atoms with Gasteiger partial charge in [0.15, 0.2) is 0 Å². The zero-order valence-electron chi connectivity index (χ0n) is 8.51. The van der Waals surface area contributed by atoms with E-state index in [1.165, 1.54) is 0 Å². The van der Waals surface area contributed by atoms with Gasteiger partial charge in [-0.15, -0.1) is 0 Å². The van der Waals surface area contributed by atoms with Crippen LogP contribution in [0, 0.1) is 0 Å². The van der Waals surface area contributed by atoms with Crippen LogP contribution in [0.4, 0.5) is 13.2 Å². The summed E-state index contributed by atoms with van der Waals surface area (Å²) in [6.45, 7) is 0. The predicted octanol–water partition coefficient (Wildman–Crippen LogP) is 2.42. The summed E-state index contributed by atoms with van der Waals surface area (Å²) in [4.78, 5) is 0. The minimum absolute atomic E-state index is 0. The fourth-order valence-corrected chi connectivity index (χ4v) is 1.52. The van der Waals surface area contributed by atoms with Crippen LogP contribution in [-0.2, 0) is 10.1 Å². The van der Waals surface area contributed by atoms with Gasteiger partial charge in [0.1, 0.15) is 0 Å². The molecule has 0 aromatic heterocycles. The summed E-state index contributed by atoms with van der Waals surface area (Å²) < 4.78 is 65.1. The summed E-state index contributed by atoms with van der Waals surface area (Å²) in [5, 5.41) is 0. The van der Waals surface area contributed by atoms with Crippen LogP contribution in [0.15, 0.2) is 0 Å². The Kier molecular flexibility index (Phi) is 7.99. The minimum atomic E-state index is -4.21. The van der Waals surface area contributed by atoms with Gasteiger partial charge in [0, 0.05) is 12.2 Å². The van der Waals surface area contributed by atoms with Crippen molar-refractivity contribution < 1.29 is 26.1 Å². The van der Waals surface area contributed by atoms with Gasteiger partial charge in [0.25, 0.3) is 0 Å². The van der Waals surface area contributed by atoms with Crippen molar-refractivity contribution in [3.63, 3.8) is 0 Å². The summed E-state index contributed by atoms with van der Waals surface area (Å²) in [5.41, 5.74) is 0. The van der Waals surface area contributed by atoms with Crippen molar-refractivity contribution in [3.05, 3.63) is 0 Å². The van der Waals surface area contributed by atoms with Gasteiger partial charge in [-0.25, -0.2) is 8.42 Å². The molecule has 0 bridgehead atoms. The van der Waals surface area contributed by atoms with Gasteiger partial charge in [0.05, 0.1) is 10.1 Å². The highest BCUT2D eigenvalue weighted by atomic mass is 32.2. The van der Waals surface area contributed by atoms with Gasteiger partial charge in [-0.3, -0.25) is 0 Å². The van der Waals surface area contributed by atoms with Gasteiger partial charge < -0.3 is 10.7 Å². The van der Waals surface area contributed by atoms with E-state index in [-0.39, 0.29) is 19.0 Å². The summed E-state index contributed by atoms with van der Waals surface area (Å²) >= 11 is 0. The lowest BCUT2D eigenvalue weighted by Gasteiger charge is -2.07. The van der Waals surface area contributed by atoms with E-state index in [0.29, 0.717) is 12.8 Å². The summed E-state index contributed by atoms with van der Waals surface area (Å²) in [5.74, 6) is -0.487. The Morgan fingerprint density at radius 3 is 1.87 bits per heavy atom. The van der Waals surface area contributed by atoms with E-state index >= 15 is 0 Å². The van der Waals surface area contributed by atoms with E-state index in [4.69, 9.17) is 0 Å². The van der Waals surface area contributed by atoms with Crippen LogP contribution in [0.25, 0.3) is 0 Å². The molecule has 0 heterocycles. The normalized spacial score (nSPS) is 12.3. The van der Waals surface area contributed by atoms with Crippen LogP contribution in [-0.4, -0.2) is 24.9 Å². The Bertz CT molecular complexity index is 251. The smallest absolute Gasteiger partial charge is 0.389 e. The third kappa shape index (κ3) is 16.3. The highest BCUT2D eigenvalue weighted by Gasteiger charge is 2.25. The molecule has 0 rings (SSSR count). The average Bonchev–Trinajstić information content (AvgIpc) is 1.92. The molecule has 15 heavy (non-hydrogen) atoms. The lowest BCUT2D eigenvalue weighted by molar-refractivity contribution is -0.135. The first-order valence-electron chi connectivity index (χ1n) is 4.21. The van der Waals surface area contributed by atoms with Crippen LogP contribution in [0.3, 0.4) is 0 Å². The Hall–Kier alpha value is -0.340. The molecular formula is C7H16F3NO3S. The Morgan fingerprint density at radius 1 is 1.00 bits per heavy atom. The molecule has 0 saturated carbocycles. The van der Waals surface area contributed by atoms with Crippen molar-refractivity contribution in [2.24, 2.45) is 0 Å². The Balaban J connectivity index is 0. The highest BCUT2D eigenvalue weighted by molar-refractivity contribution is 7.85. The highest BCUT2D eigenvalue weighted by Crippen LogP contribution is 2.22. The lowest BCUT2D eigenvalue weighted by atomic mass is 10.1. The molecule has 0 unspecified atom stereocenters. The molecule has 0 radical (unpaired) electrons. The Morgan fingerprint density at radius 2 is 1.47 bits per heavy atom. The van der Waals surface area contributed by atoms with Crippen molar-refractivity contribution in [3.8, 4) is 0 Å². The maximum atomic E-state index is 11.6. The molecule has 0 amide bonds. The number of unbranched alkanes of at least 4 members (excludes halogenated alkanes) is 3. The van der Waals surface area contributed by atoms with Gasteiger partial charge >= 0.3 is 6.18 Å². The molecule has 4 nitrogen and oxygen atoms in total. The van der Waals surface area contributed by atoms with Crippen LogP contribution in [0.5, 0.6) is 0 Å². The molecular weight excluding hydrogens is 235 g/mol. The molecule has 0 fully saturated rings. The second-order valence-corrected chi connectivity index (χ2v) is 4.56. The van der Waals surface area contributed by atoms with Gasteiger partial charge in [-0.2, -0.15) is 13.2 Å². The van der Waals surface area contributed by atoms with Gasteiger partial charge in [-0.1, -0.05) is 12.8 Å². The van der Waals surface area contributed by atoms with E-state index < -0.39 is 28.5 Å². The molecule has 0 aromatic carbocycles. The molecule has 8 heteroatoms. The molecule has 4 N–H and O–H groups in total. The maximum Gasteiger partial charge on any atom is 0.389 e. The monoisotopic (exact) mass is 251 g/mol. The van der Waals surface area contributed by atoms with Crippen molar-refractivity contribution in [2.45, 2.75) is 38.3 Å². The first-order chi connectivity index (χ1) is 6.21. The first-order valence-corrected chi connectivity index (χ1v) is 5.79. The molecule has 0 saturated heterocycles. The summed E-state index contributed by atoms with van der Waals surface area (Å²) in [7, 11) is -4.21. The number of halogens is 3. The van der Waals surface area contributed by atoms with Gasteiger partial charge in [-0.05, 0) is 12.8 Å². The molecule has 0 atom stereocenters. The third-order valence-electron chi connectivity index (χ3n) is 1.60. The summed E-state index contributed by atoms with van der Waals surface area (Å²) in [6.07, 6.45) is -4.22. The van der Waals surface area contributed by atoms with E-state index in [0.717, 1.165) is 0 Å². The molecule has 0 spiro atoms. The first kappa shape index (κ1) is 17.1. The Labute approximate surface area is 87.2 Å². The van der Waals surface area contributed by atoms with Crippen molar-refractivity contribution in [2.75, 3.05) is 5.75 Å². The largest absolute Gasteiger partial charge is 0.748 e. The third-order valence-corrected chi connectivity index (χ3v) is 2.39. The number of alkyl halides is 3. The minimum Gasteiger partial charge on any atom is -0.748 e. The fourth-order valence-electron chi connectivity index (χ4n) is 0.958. The predicted molar refractivity (Wildman–Crippen MR) is 49.7 cm³/mol. The SMILES string of the molecule is O=S(=O)([O-])CCCCCCC(F)(F)F.[NH4+]. The van der Waals surface area contributed by atoms with Crippen molar-refractivity contribution in [1.29, 1.82) is 0 Å². The maximum absolute atomic E-state index is 11.6. The van der Waals surface area contributed by atoms with Crippen molar-refractivity contribution >= 4 is 10.1 Å². The quantitative estimate of drug-likeness (QED) is 0.580. The second-order valence-electron chi connectivity index (χ2n) is 3.04. The number of hydrogen-bond donors (Lipinski definition) is 1. The number of rotatable bonds is 6.